The lowest BCUT2D eigenvalue weighted by molar-refractivity contribution is 0.302. The minimum atomic E-state index is -3.53. The van der Waals surface area contributed by atoms with Gasteiger partial charge in [0.2, 0.25) is 11.8 Å². The van der Waals surface area contributed by atoms with Crippen molar-refractivity contribution in [1.82, 2.24) is 19.5 Å². The van der Waals surface area contributed by atoms with E-state index in [1.807, 2.05) is 31.2 Å². The van der Waals surface area contributed by atoms with Crippen LogP contribution in [0.3, 0.4) is 0 Å². The van der Waals surface area contributed by atoms with Gasteiger partial charge in [0.1, 0.15) is 10.9 Å². The Bertz CT molecular complexity index is 1170. The number of nitrogens with zero attached hydrogens (tertiary/aromatic N) is 5. The van der Waals surface area contributed by atoms with Crippen LogP contribution >= 0.6 is 11.6 Å². The minimum Gasteiger partial charge on any atom is -0.494 e. The topological polar surface area (TPSA) is 102 Å². The number of halogens is 1. The molecule has 9 nitrogen and oxygen atoms in total. The van der Waals surface area contributed by atoms with Gasteiger partial charge in [0.15, 0.2) is 0 Å². The van der Waals surface area contributed by atoms with Gasteiger partial charge in [-0.05, 0) is 55.7 Å². The zero-order chi connectivity index (χ0) is 23.3. The molecule has 1 aromatic carbocycles. The van der Waals surface area contributed by atoms with E-state index in [9.17, 15) is 8.42 Å². The van der Waals surface area contributed by atoms with Crippen molar-refractivity contribution in [2.24, 2.45) is 0 Å². The summed E-state index contributed by atoms with van der Waals surface area (Å²) in [6.45, 7) is 3.88. The number of pyridine rings is 1. The summed E-state index contributed by atoms with van der Waals surface area (Å²) in [4.78, 5) is 3.91. The monoisotopic (exact) mass is 491 g/mol. The third-order valence-corrected chi connectivity index (χ3v) is 7.52. The van der Waals surface area contributed by atoms with Gasteiger partial charge in [-0.15, -0.1) is 10.2 Å². The molecule has 0 N–H and O–H groups in total. The van der Waals surface area contributed by atoms with E-state index in [1.54, 1.807) is 12.1 Å². The standard InChI is InChI=1S/C22H26ClN5O4S/c1-2-21-25-26-22(32-21)17-6-8-19(9-7-17)31-15-5-3-4-12-27-13-14-28(33(27,29)30)18-10-11-24-20(23)16-18/h6-11,16H,2-5,12-15H2,1H3. The van der Waals surface area contributed by atoms with Gasteiger partial charge in [-0.1, -0.05) is 18.5 Å². The maximum Gasteiger partial charge on any atom is 0.304 e. The molecule has 1 aliphatic heterocycles. The van der Waals surface area contributed by atoms with Crippen LogP contribution in [0, 0.1) is 0 Å². The first kappa shape index (κ1) is 23.5. The summed E-state index contributed by atoms with van der Waals surface area (Å²) < 4.78 is 39.9. The summed E-state index contributed by atoms with van der Waals surface area (Å²) in [5, 5.41) is 8.28. The number of hydrogen-bond donors (Lipinski definition) is 0. The SMILES string of the molecule is CCc1nnc(-c2ccc(OCCCCCN3CCN(c4ccnc(Cl)c4)S3(=O)=O)cc2)o1. The molecule has 33 heavy (non-hydrogen) atoms. The molecule has 0 bridgehead atoms. The number of aryl methyl sites for hydroxylation is 1. The lowest BCUT2D eigenvalue weighted by atomic mass is 10.2. The molecule has 1 aliphatic rings. The van der Waals surface area contributed by atoms with Crippen LogP contribution in [-0.2, 0) is 16.6 Å². The lowest BCUT2D eigenvalue weighted by Gasteiger charge is -2.20. The van der Waals surface area contributed by atoms with E-state index < -0.39 is 10.2 Å². The van der Waals surface area contributed by atoms with E-state index in [0.717, 1.165) is 30.6 Å². The molecule has 0 aliphatic carbocycles. The smallest absolute Gasteiger partial charge is 0.304 e. The average molecular weight is 492 g/mol. The number of hydrogen-bond acceptors (Lipinski definition) is 7. The average Bonchev–Trinajstić information content (AvgIpc) is 3.40. The quantitative estimate of drug-likeness (QED) is 0.312. The van der Waals surface area contributed by atoms with E-state index in [-0.39, 0.29) is 5.15 Å². The molecule has 4 rings (SSSR count). The third-order valence-electron chi connectivity index (χ3n) is 5.35. The third kappa shape index (κ3) is 5.63. The van der Waals surface area contributed by atoms with E-state index >= 15 is 0 Å². The molecule has 176 valence electrons. The van der Waals surface area contributed by atoms with Crippen molar-refractivity contribution < 1.29 is 17.6 Å². The van der Waals surface area contributed by atoms with Gasteiger partial charge in [-0.2, -0.15) is 12.7 Å². The minimum absolute atomic E-state index is 0.274. The van der Waals surface area contributed by atoms with Crippen LogP contribution < -0.4 is 9.04 Å². The van der Waals surface area contributed by atoms with Crippen molar-refractivity contribution in [3.8, 4) is 17.2 Å². The van der Waals surface area contributed by atoms with Crippen molar-refractivity contribution in [2.75, 3.05) is 30.5 Å². The van der Waals surface area contributed by atoms with Crippen molar-refractivity contribution >= 4 is 27.5 Å². The van der Waals surface area contributed by atoms with Crippen LogP contribution in [0.25, 0.3) is 11.5 Å². The van der Waals surface area contributed by atoms with Crippen LogP contribution in [0.5, 0.6) is 5.75 Å². The second-order valence-electron chi connectivity index (χ2n) is 7.60. The van der Waals surface area contributed by atoms with Crippen molar-refractivity contribution in [3.63, 3.8) is 0 Å². The van der Waals surface area contributed by atoms with Gasteiger partial charge in [0.25, 0.3) is 0 Å². The molecule has 3 heterocycles. The molecule has 0 spiro atoms. The molecule has 11 heteroatoms. The molecule has 0 amide bonds. The highest BCUT2D eigenvalue weighted by Crippen LogP contribution is 2.27. The van der Waals surface area contributed by atoms with Gasteiger partial charge in [0.05, 0.1) is 12.3 Å². The van der Waals surface area contributed by atoms with Crippen LogP contribution in [0.1, 0.15) is 32.1 Å². The Morgan fingerprint density at radius 3 is 2.64 bits per heavy atom. The Morgan fingerprint density at radius 2 is 1.91 bits per heavy atom. The molecule has 2 aromatic heterocycles. The fourth-order valence-electron chi connectivity index (χ4n) is 3.57. The molecule has 3 aromatic rings. The first-order valence-electron chi connectivity index (χ1n) is 10.9. The van der Waals surface area contributed by atoms with Gasteiger partial charge in [0, 0.05) is 37.8 Å². The summed E-state index contributed by atoms with van der Waals surface area (Å²) in [5.41, 5.74) is 1.39. The fourth-order valence-corrected chi connectivity index (χ4v) is 5.38. The van der Waals surface area contributed by atoms with Crippen LogP contribution in [-0.4, -0.2) is 54.1 Å². The zero-order valence-corrected chi connectivity index (χ0v) is 19.9. The molecule has 1 fully saturated rings. The summed E-state index contributed by atoms with van der Waals surface area (Å²) >= 11 is 5.90. The van der Waals surface area contributed by atoms with Crippen molar-refractivity contribution in [2.45, 2.75) is 32.6 Å². The Labute approximate surface area is 198 Å². The van der Waals surface area contributed by atoms with E-state index in [0.29, 0.717) is 50.1 Å². The normalized spacial score (nSPS) is 15.8. The van der Waals surface area contributed by atoms with E-state index in [1.165, 1.54) is 14.8 Å². The van der Waals surface area contributed by atoms with Crippen LogP contribution in [0.4, 0.5) is 5.69 Å². The zero-order valence-electron chi connectivity index (χ0n) is 18.4. The molecule has 0 radical (unpaired) electrons. The summed E-state index contributed by atoms with van der Waals surface area (Å²) in [6, 6.07) is 10.8. The number of benzene rings is 1. The fraction of sp³-hybridized carbons (Fsp3) is 0.409. The summed E-state index contributed by atoms with van der Waals surface area (Å²) in [7, 11) is -3.53. The second kappa shape index (κ2) is 10.5. The number of unbranched alkanes of at least 4 members (excludes halogenated alkanes) is 2. The maximum atomic E-state index is 12.8. The highest BCUT2D eigenvalue weighted by atomic mass is 35.5. The number of rotatable bonds is 10. The molecule has 0 saturated carbocycles. The first-order chi connectivity index (χ1) is 16.0. The Hall–Kier alpha value is -2.69. The van der Waals surface area contributed by atoms with Crippen molar-refractivity contribution in [1.29, 1.82) is 0 Å². The van der Waals surface area contributed by atoms with Gasteiger partial charge < -0.3 is 9.15 Å². The van der Waals surface area contributed by atoms with Gasteiger partial charge >= 0.3 is 10.2 Å². The lowest BCUT2D eigenvalue weighted by Crippen LogP contribution is -2.33. The molecule has 0 unspecified atom stereocenters. The van der Waals surface area contributed by atoms with Crippen LogP contribution in [0.15, 0.2) is 47.0 Å². The Kier molecular flexibility index (Phi) is 7.46. The van der Waals surface area contributed by atoms with E-state index in [4.69, 9.17) is 20.8 Å². The second-order valence-corrected chi connectivity index (χ2v) is 9.84. The van der Waals surface area contributed by atoms with Gasteiger partial charge in [-0.25, -0.2) is 4.98 Å². The summed E-state index contributed by atoms with van der Waals surface area (Å²) in [6.07, 6.45) is 4.69. The van der Waals surface area contributed by atoms with E-state index in [2.05, 4.69) is 15.2 Å². The number of anilines is 1. The molecular weight excluding hydrogens is 466 g/mol. The molecule has 0 atom stereocenters. The molecular formula is C22H26ClN5O4S. The highest BCUT2D eigenvalue weighted by Gasteiger charge is 2.36. The predicted octanol–water partition coefficient (Wildman–Crippen LogP) is 3.96. The van der Waals surface area contributed by atoms with Crippen molar-refractivity contribution in [3.05, 3.63) is 53.6 Å². The number of ether oxygens (including phenoxy) is 1. The van der Waals surface area contributed by atoms with Gasteiger partial charge in [-0.3, -0.25) is 4.31 Å². The predicted molar refractivity (Wildman–Crippen MR) is 126 cm³/mol. The van der Waals surface area contributed by atoms with Crippen LogP contribution in [0.2, 0.25) is 5.15 Å². The first-order valence-corrected chi connectivity index (χ1v) is 12.7. The Morgan fingerprint density at radius 1 is 1.09 bits per heavy atom. The number of aromatic nitrogens is 3. The maximum absolute atomic E-state index is 12.8. The Balaban J connectivity index is 1.18. The summed E-state index contributed by atoms with van der Waals surface area (Å²) in [5.74, 6) is 1.88. The largest absolute Gasteiger partial charge is 0.494 e. The highest BCUT2D eigenvalue weighted by molar-refractivity contribution is 7.90. The molecule has 1 saturated heterocycles.